The number of hydrogen-bond donors (Lipinski definition) is 1. The van der Waals surface area contributed by atoms with Gasteiger partial charge in [-0.15, -0.1) is 11.3 Å². The molecular formula is C13H11ClN2O2S. The average molecular weight is 295 g/mol. The van der Waals surface area contributed by atoms with Gasteiger partial charge in [0.2, 0.25) is 0 Å². The molecule has 0 aliphatic rings. The zero-order chi connectivity index (χ0) is 14.0. The number of nitrogens with one attached hydrogen (secondary N) is 1. The second-order valence-electron chi connectivity index (χ2n) is 3.96. The second kappa shape index (κ2) is 5.50. The average Bonchev–Trinajstić information content (AvgIpc) is 2.81. The highest BCUT2D eigenvalue weighted by Crippen LogP contribution is 2.21. The SMILES string of the molecule is CC(=O)c1csc(NC(=O)c2cccc(Cl)c2C)n1. The van der Waals surface area contributed by atoms with Gasteiger partial charge in [0.1, 0.15) is 5.69 Å². The smallest absolute Gasteiger partial charge is 0.257 e. The molecule has 4 nitrogen and oxygen atoms in total. The maximum absolute atomic E-state index is 12.1. The van der Waals surface area contributed by atoms with Crippen molar-refractivity contribution in [2.24, 2.45) is 0 Å². The van der Waals surface area contributed by atoms with Gasteiger partial charge in [0.15, 0.2) is 10.9 Å². The Kier molecular flexibility index (Phi) is 3.97. The summed E-state index contributed by atoms with van der Waals surface area (Å²) in [5.74, 6) is -0.417. The molecule has 2 aromatic rings. The first kappa shape index (κ1) is 13.7. The van der Waals surface area contributed by atoms with Gasteiger partial charge < -0.3 is 0 Å². The maximum atomic E-state index is 12.1. The van der Waals surface area contributed by atoms with Gasteiger partial charge in [-0.3, -0.25) is 14.9 Å². The third kappa shape index (κ3) is 3.00. The lowest BCUT2D eigenvalue weighted by atomic mass is 10.1. The van der Waals surface area contributed by atoms with Gasteiger partial charge in [-0.05, 0) is 24.6 Å². The highest BCUT2D eigenvalue weighted by molar-refractivity contribution is 7.14. The topological polar surface area (TPSA) is 59.1 Å². The molecule has 0 spiro atoms. The van der Waals surface area contributed by atoms with E-state index in [1.165, 1.54) is 18.3 Å². The van der Waals surface area contributed by atoms with E-state index in [2.05, 4.69) is 10.3 Å². The number of Topliss-reactive ketones (excluding diaryl/α,β-unsaturated/α-hetero) is 1. The van der Waals surface area contributed by atoms with Gasteiger partial charge in [-0.1, -0.05) is 17.7 Å². The van der Waals surface area contributed by atoms with E-state index in [1.807, 2.05) is 0 Å². The van der Waals surface area contributed by atoms with Gasteiger partial charge in [0, 0.05) is 22.9 Å². The van der Waals surface area contributed by atoms with Crippen molar-refractivity contribution in [3.8, 4) is 0 Å². The summed E-state index contributed by atoms with van der Waals surface area (Å²) >= 11 is 7.18. The van der Waals surface area contributed by atoms with Crippen LogP contribution in [-0.4, -0.2) is 16.7 Å². The van der Waals surface area contributed by atoms with E-state index in [4.69, 9.17) is 11.6 Å². The van der Waals surface area contributed by atoms with Crippen LogP contribution >= 0.6 is 22.9 Å². The maximum Gasteiger partial charge on any atom is 0.257 e. The number of thiazole rings is 1. The van der Waals surface area contributed by atoms with Gasteiger partial charge in [-0.25, -0.2) is 4.98 Å². The number of anilines is 1. The number of aromatic nitrogens is 1. The number of rotatable bonds is 3. The summed E-state index contributed by atoms with van der Waals surface area (Å²) in [6.07, 6.45) is 0. The van der Waals surface area contributed by atoms with Crippen LogP contribution < -0.4 is 5.32 Å². The van der Waals surface area contributed by atoms with Crippen LogP contribution in [0.15, 0.2) is 23.6 Å². The Bertz CT molecular complexity index is 652. The second-order valence-corrected chi connectivity index (χ2v) is 5.23. The Hall–Kier alpha value is -1.72. The molecule has 0 aliphatic carbocycles. The Morgan fingerprint density at radius 2 is 2.11 bits per heavy atom. The minimum absolute atomic E-state index is 0.129. The number of amides is 1. The Morgan fingerprint density at radius 3 is 2.74 bits per heavy atom. The van der Waals surface area contributed by atoms with Crippen LogP contribution in [0.25, 0.3) is 0 Å². The number of carbonyl (C=O) groups is 2. The van der Waals surface area contributed by atoms with Gasteiger partial charge in [-0.2, -0.15) is 0 Å². The molecule has 0 fully saturated rings. The van der Waals surface area contributed by atoms with Crippen molar-refractivity contribution >= 4 is 39.8 Å². The fourth-order valence-corrected chi connectivity index (χ4v) is 2.43. The number of ketones is 1. The third-order valence-electron chi connectivity index (χ3n) is 2.60. The molecule has 19 heavy (non-hydrogen) atoms. The van der Waals surface area contributed by atoms with Crippen LogP contribution in [0, 0.1) is 6.92 Å². The predicted octanol–water partition coefficient (Wildman–Crippen LogP) is 3.56. The van der Waals surface area contributed by atoms with E-state index in [-0.39, 0.29) is 11.7 Å². The number of benzene rings is 1. The first-order valence-electron chi connectivity index (χ1n) is 5.52. The fraction of sp³-hybridized carbons (Fsp3) is 0.154. The Balaban J connectivity index is 2.21. The monoisotopic (exact) mass is 294 g/mol. The molecule has 0 saturated carbocycles. The number of hydrogen-bond acceptors (Lipinski definition) is 4. The summed E-state index contributed by atoms with van der Waals surface area (Å²) in [4.78, 5) is 27.2. The summed E-state index contributed by atoms with van der Waals surface area (Å²) in [5.41, 5.74) is 1.56. The van der Waals surface area contributed by atoms with Gasteiger partial charge >= 0.3 is 0 Å². The molecule has 0 bridgehead atoms. The summed E-state index contributed by atoms with van der Waals surface area (Å²) < 4.78 is 0. The van der Waals surface area contributed by atoms with E-state index in [0.717, 1.165) is 0 Å². The lowest BCUT2D eigenvalue weighted by molar-refractivity contribution is 0.100. The predicted molar refractivity (Wildman–Crippen MR) is 76.3 cm³/mol. The highest BCUT2D eigenvalue weighted by Gasteiger charge is 2.13. The fourth-order valence-electron chi connectivity index (χ4n) is 1.51. The molecule has 2 rings (SSSR count). The van der Waals surface area contributed by atoms with E-state index < -0.39 is 0 Å². The van der Waals surface area contributed by atoms with Crippen molar-refractivity contribution in [2.75, 3.05) is 5.32 Å². The molecule has 1 amide bonds. The largest absolute Gasteiger partial charge is 0.298 e. The third-order valence-corrected chi connectivity index (χ3v) is 3.76. The molecule has 1 N–H and O–H groups in total. The van der Waals surface area contributed by atoms with Crippen molar-refractivity contribution in [3.05, 3.63) is 45.4 Å². The molecule has 0 atom stereocenters. The molecule has 6 heteroatoms. The molecule has 1 aromatic heterocycles. The minimum atomic E-state index is -0.288. The van der Waals surface area contributed by atoms with E-state index in [1.54, 1.807) is 30.5 Å². The van der Waals surface area contributed by atoms with Crippen molar-refractivity contribution in [1.29, 1.82) is 0 Å². The lowest BCUT2D eigenvalue weighted by Crippen LogP contribution is -2.13. The summed E-state index contributed by atoms with van der Waals surface area (Å²) in [7, 11) is 0. The quantitative estimate of drug-likeness (QED) is 0.881. The van der Waals surface area contributed by atoms with Crippen molar-refractivity contribution in [2.45, 2.75) is 13.8 Å². The normalized spacial score (nSPS) is 10.3. The summed E-state index contributed by atoms with van der Waals surface area (Å²) in [6.45, 7) is 3.21. The lowest BCUT2D eigenvalue weighted by Gasteiger charge is -2.06. The van der Waals surface area contributed by atoms with Crippen LogP contribution in [0.2, 0.25) is 5.02 Å². The summed E-state index contributed by atoms with van der Waals surface area (Å²) in [5, 5.41) is 5.21. The van der Waals surface area contributed by atoms with E-state index in [9.17, 15) is 9.59 Å². The van der Waals surface area contributed by atoms with Crippen molar-refractivity contribution in [1.82, 2.24) is 4.98 Å². The van der Waals surface area contributed by atoms with Crippen LogP contribution in [-0.2, 0) is 0 Å². The molecule has 0 unspecified atom stereocenters. The zero-order valence-corrected chi connectivity index (χ0v) is 11.9. The zero-order valence-electron chi connectivity index (χ0n) is 10.4. The standard InChI is InChI=1S/C13H11ClN2O2S/c1-7-9(4-3-5-10(7)14)12(18)16-13-15-11(6-19-13)8(2)17/h3-6H,1-2H3,(H,15,16,18). The molecule has 1 heterocycles. The van der Waals surface area contributed by atoms with Crippen LogP contribution in [0.5, 0.6) is 0 Å². The summed E-state index contributed by atoms with van der Waals surface area (Å²) in [6, 6.07) is 5.13. The van der Waals surface area contributed by atoms with Crippen molar-refractivity contribution < 1.29 is 9.59 Å². The van der Waals surface area contributed by atoms with E-state index in [0.29, 0.717) is 27.0 Å². The molecule has 98 valence electrons. The molecule has 0 radical (unpaired) electrons. The number of halogens is 1. The first-order valence-corrected chi connectivity index (χ1v) is 6.77. The van der Waals surface area contributed by atoms with Crippen LogP contribution in [0.4, 0.5) is 5.13 Å². The minimum Gasteiger partial charge on any atom is -0.298 e. The van der Waals surface area contributed by atoms with Crippen molar-refractivity contribution in [3.63, 3.8) is 0 Å². The van der Waals surface area contributed by atoms with Gasteiger partial charge in [0.05, 0.1) is 0 Å². The van der Waals surface area contributed by atoms with Gasteiger partial charge in [0.25, 0.3) is 5.91 Å². The van der Waals surface area contributed by atoms with Crippen LogP contribution in [0.3, 0.4) is 0 Å². The highest BCUT2D eigenvalue weighted by atomic mass is 35.5. The van der Waals surface area contributed by atoms with Crippen LogP contribution in [0.1, 0.15) is 33.3 Å². The molecule has 1 aromatic carbocycles. The Morgan fingerprint density at radius 1 is 1.37 bits per heavy atom. The number of carbonyl (C=O) groups excluding carboxylic acids is 2. The molecular weight excluding hydrogens is 284 g/mol. The Labute approximate surface area is 119 Å². The first-order chi connectivity index (χ1) is 8.99. The van der Waals surface area contributed by atoms with E-state index >= 15 is 0 Å². The molecule has 0 aliphatic heterocycles. The molecule has 0 saturated heterocycles. The number of nitrogens with zero attached hydrogens (tertiary/aromatic N) is 1.